The summed E-state index contributed by atoms with van der Waals surface area (Å²) in [6.07, 6.45) is 5.40. The Balaban J connectivity index is 1.73. The van der Waals surface area contributed by atoms with Crippen molar-refractivity contribution in [2.24, 2.45) is 5.92 Å². The Morgan fingerprint density at radius 2 is 1.93 bits per heavy atom. The number of benzene rings is 1. The zero-order valence-corrected chi connectivity index (χ0v) is 17.6. The summed E-state index contributed by atoms with van der Waals surface area (Å²) in [7, 11) is 0. The van der Waals surface area contributed by atoms with Gasteiger partial charge in [0.1, 0.15) is 0 Å². The number of hydrogen-bond acceptors (Lipinski definition) is 4. The van der Waals surface area contributed by atoms with Gasteiger partial charge in [-0.3, -0.25) is 14.7 Å². The van der Waals surface area contributed by atoms with Gasteiger partial charge in [0.05, 0.1) is 19.3 Å². The molecule has 1 saturated heterocycles. The van der Waals surface area contributed by atoms with Gasteiger partial charge < -0.3 is 10.1 Å². The van der Waals surface area contributed by atoms with Gasteiger partial charge in [0.25, 0.3) is 0 Å². The standard InChI is InChI=1S/C24H31N3O2/c1-18(2)22(20-8-6-19(3)7-9-20)15-24(28)26-17-23(21-5-4-10-25-16-21)27-11-13-29-14-12-27/h4-10,15-16,18,23H,11-14,17H2,1-3H3,(H,26,28)/b22-15+. The van der Waals surface area contributed by atoms with Gasteiger partial charge in [0.2, 0.25) is 5.91 Å². The maximum atomic E-state index is 12.8. The van der Waals surface area contributed by atoms with Crippen LogP contribution in [0.4, 0.5) is 0 Å². The summed E-state index contributed by atoms with van der Waals surface area (Å²) in [5.74, 6) is 0.202. The van der Waals surface area contributed by atoms with Crippen LogP contribution in [-0.2, 0) is 9.53 Å². The Labute approximate surface area is 173 Å². The zero-order chi connectivity index (χ0) is 20.6. The minimum atomic E-state index is -0.0589. The highest BCUT2D eigenvalue weighted by Crippen LogP contribution is 2.24. The van der Waals surface area contributed by atoms with Gasteiger partial charge in [-0.1, -0.05) is 49.7 Å². The van der Waals surface area contributed by atoms with Crippen molar-refractivity contribution in [3.05, 3.63) is 71.6 Å². The van der Waals surface area contributed by atoms with Crippen molar-refractivity contribution in [3.63, 3.8) is 0 Å². The maximum absolute atomic E-state index is 12.8. The SMILES string of the molecule is Cc1ccc(/C(=C/C(=O)NCC(c2cccnc2)N2CCOCC2)C(C)C)cc1. The van der Waals surface area contributed by atoms with Crippen molar-refractivity contribution in [1.29, 1.82) is 0 Å². The summed E-state index contributed by atoms with van der Waals surface area (Å²) >= 11 is 0. The maximum Gasteiger partial charge on any atom is 0.244 e. The Morgan fingerprint density at radius 3 is 2.55 bits per heavy atom. The van der Waals surface area contributed by atoms with E-state index in [1.807, 2.05) is 12.3 Å². The molecule has 0 spiro atoms. The molecule has 1 N–H and O–H groups in total. The van der Waals surface area contributed by atoms with E-state index >= 15 is 0 Å². The van der Waals surface area contributed by atoms with Gasteiger partial charge >= 0.3 is 0 Å². The smallest absolute Gasteiger partial charge is 0.244 e. The number of hydrogen-bond donors (Lipinski definition) is 1. The third kappa shape index (κ3) is 5.99. The molecule has 0 bridgehead atoms. The molecule has 5 heteroatoms. The number of amides is 1. The van der Waals surface area contributed by atoms with E-state index in [1.54, 1.807) is 12.3 Å². The molecule has 2 aromatic rings. The van der Waals surface area contributed by atoms with Crippen LogP contribution in [0.2, 0.25) is 0 Å². The van der Waals surface area contributed by atoms with E-state index in [4.69, 9.17) is 4.74 Å². The molecule has 154 valence electrons. The second kappa shape index (κ2) is 10.3. The Morgan fingerprint density at radius 1 is 1.21 bits per heavy atom. The van der Waals surface area contributed by atoms with Crippen LogP contribution in [0.1, 0.15) is 36.6 Å². The molecule has 3 rings (SSSR count). The second-order valence-electron chi connectivity index (χ2n) is 7.82. The molecule has 1 unspecified atom stereocenters. The number of nitrogens with one attached hydrogen (secondary N) is 1. The number of rotatable bonds is 7. The van der Waals surface area contributed by atoms with Crippen LogP contribution in [0.25, 0.3) is 5.57 Å². The molecule has 1 aliphatic rings. The predicted molar refractivity (Wildman–Crippen MR) is 116 cm³/mol. The predicted octanol–water partition coefficient (Wildman–Crippen LogP) is 3.62. The number of nitrogens with zero attached hydrogens (tertiary/aromatic N) is 2. The van der Waals surface area contributed by atoms with Gasteiger partial charge in [-0.15, -0.1) is 0 Å². The number of pyridine rings is 1. The van der Waals surface area contributed by atoms with Crippen molar-refractivity contribution in [1.82, 2.24) is 15.2 Å². The fourth-order valence-corrected chi connectivity index (χ4v) is 3.64. The molecule has 1 atom stereocenters. The van der Waals surface area contributed by atoms with E-state index in [-0.39, 0.29) is 17.9 Å². The van der Waals surface area contributed by atoms with Crippen molar-refractivity contribution < 1.29 is 9.53 Å². The summed E-state index contributed by atoms with van der Waals surface area (Å²) in [5.41, 5.74) is 4.47. The van der Waals surface area contributed by atoms with Crippen molar-refractivity contribution in [3.8, 4) is 0 Å². The van der Waals surface area contributed by atoms with E-state index in [2.05, 4.69) is 66.3 Å². The molecule has 0 saturated carbocycles. The zero-order valence-electron chi connectivity index (χ0n) is 17.6. The summed E-state index contributed by atoms with van der Waals surface area (Å²) in [6, 6.07) is 12.4. The average molecular weight is 394 g/mol. The summed E-state index contributed by atoms with van der Waals surface area (Å²) < 4.78 is 5.49. The molecule has 5 nitrogen and oxygen atoms in total. The molecule has 0 radical (unpaired) electrons. The van der Waals surface area contributed by atoms with E-state index in [0.29, 0.717) is 6.54 Å². The van der Waals surface area contributed by atoms with Crippen LogP contribution in [0.3, 0.4) is 0 Å². The van der Waals surface area contributed by atoms with E-state index < -0.39 is 0 Å². The summed E-state index contributed by atoms with van der Waals surface area (Å²) in [4.78, 5) is 19.4. The lowest BCUT2D eigenvalue weighted by atomic mass is 9.94. The molecule has 2 heterocycles. The molecule has 1 fully saturated rings. The molecule has 29 heavy (non-hydrogen) atoms. The number of carbonyl (C=O) groups is 1. The Bertz CT molecular complexity index is 810. The van der Waals surface area contributed by atoms with Gasteiger partial charge in [0.15, 0.2) is 0 Å². The topological polar surface area (TPSA) is 54.5 Å². The molecule has 1 aromatic carbocycles. The van der Waals surface area contributed by atoms with Gasteiger partial charge in [0, 0.05) is 38.1 Å². The van der Waals surface area contributed by atoms with E-state index in [1.165, 1.54) is 5.56 Å². The van der Waals surface area contributed by atoms with Gasteiger partial charge in [-0.25, -0.2) is 0 Å². The number of aromatic nitrogens is 1. The lowest BCUT2D eigenvalue weighted by Crippen LogP contribution is -2.43. The molecular formula is C24H31N3O2. The monoisotopic (exact) mass is 393 g/mol. The normalized spacial score (nSPS) is 16.6. The van der Waals surface area contributed by atoms with Crippen LogP contribution >= 0.6 is 0 Å². The third-order valence-corrected chi connectivity index (χ3v) is 5.32. The number of carbonyl (C=O) groups excluding carboxylic acids is 1. The summed E-state index contributed by atoms with van der Waals surface area (Å²) in [6.45, 7) is 9.99. The Hall–Kier alpha value is -2.50. The van der Waals surface area contributed by atoms with Crippen LogP contribution in [-0.4, -0.2) is 48.6 Å². The van der Waals surface area contributed by atoms with Crippen LogP contribution in [0, 0.1) is 12.8 Å². The number of allylic oxidation sites excluding steroid dienone is 1. The second-order valence-corrected chi connectivity index (χ2v) is 7.82. The largest absolute Gasteiger partial charge is 0.379 e. The van der Waals surface area contributed by atoms with E-state index in [0.717, 1.165) is 43.0 Å². The molecule has 1 amide bonds. The fraction of sp³-hybridized carbons (Fsp3) is 0.417. The number of ether oxygens (including phenoxy) is 1. The van der Waals surface area contributed by atoms with Crippen LogP contribution in [0.5, 0.6) is 0 Å². The lowest BCUT2D eigenvalue weighted by Gasteiger charge is -2.34. The highest BCUT2D eigenvalue weighted by Gasteiger charge is 2.23. The number of aryl methyl sites for hydroxylation is 1. The molecule has 0 aliphatic carbocycles. The number of morpholine rings is 1. The van der Waals surface area contributed by atoms with Gasteiger partial charge in [-0.05, 0) is 35.6 Å². The first-order valence-electron chi connectivity index (χ1n) is 10.3. The first kappa shape index (κ1) is 21.2. The van der Waals surface area contributed by atoms with Crippen LogP contribution < -0.4 is 5.32 Å². The Kier molecular flexibility index (Phi) is 7.55. The molecule has 1 aromatic heterocycles. The van der Waals surface area contributed by atoms with Crippen molar-refractivity contribution >= 4 is 11.5 Å². The third-order valence-electron chi connectivity index (χ3n) is 5.32. The molecule has 1 aliphatic heterocycles. The highest BCUT2D eigenvalue weighted by molar-refractivity contribution is 5.95. The van der Waals surface area contributed by atoms with Crippen LogP contribution in [0.15, 0.2) is 54.9 Å². The van der Waals surface area contributed by atoms with E-state index in [9.17, 15) is 4.79 Å². The quantitative estimate of drug-likeness (QED) is 0.730. The lowest BCUT2D eigenvalue weighted by molar-refractivity contribution is -0.116. The van der Waals surface area contributed by atoms with Crippen molar-refractivity contribution in [2.75, 3.05) is 32.8 Å². The first-order valence-corrected chi connectivity index (χ1v) is 10.3. The minimum Gasteiger partial charge on any atom is -0.379 e. The summed E-state index contributed by atoms with van der Waals surface area (Å²) in [5, 5.41) is 3.12. The molecular weight excluding hydrogens is 362 g/mol. The fourth-order valence-electron chi connectivity index (χ4n) is 3.64. The van der Waals surface area contributed by atoms with Gasteiger partial charge in [-0.2, -0.15) is 0 Å². The highest BCUT2D eigenvalue weighted by atomic mass is 16.5. The van der Waals surface area contributed by atoms with Crippen molar-refractivity contribution in [2.45, 2.75) is 26.8 Å². The minimum absolute atomic E-state index is 0.0589. The average Bonchev–Trinajstić information content (AvgIpc) is 2.74. The first-order chi connectivity index (χ1) is 14.0.